The molecule has 0 aromatic carbocycles. The van der Waals surface area contributed by atoms with Crippen molar-refractivity contribution in [1.29, 1.82) is 0 Å². The zero-order chi connectivity index (χ0) is 17.6. The first-order chi connectivity index (χ1) is 10.8. The Morgan fingerprint density at radius 3 is 2.70 bits per heavy atom. The number of esters is 1. The summed E-state index contributed by atoms with van der Waals surface area (Å²) in [6.07, 6.45) is -0.0731. The van der Waals surface area contributed by atoms with E-state index in [-0.39, 0.29) is 19.4 Å². The maximum atomic E-state index is 12.1. The van der Waals surface area contributed by atoms with Gasteiger partial charge >= 0.3 is 5.97 Å². The number of aliphatic hydroxyl groups excluding tert-OH is 4. The van der Waals surface area contributed by atoms with Crippen molar-refractivity contribution in [3.05, 3.63) is 0 Å². The highest BCUT2D eigenvalue weighted by Gasteiger charge is 2.54. The first-order valence-electron chi connectivity index (χ1n) is 7.31. The minimum atomic E-state index is -1.93. The Kier molecular flexibility index (Phi) is 7.41. The molecule has 1 aliphatic rings. The molecule has 132 valence electrons. The summed E-state index contributed by atoms with van der Waals surface area (Å²) in [5.41, 5.74) is 0. The molecule has 4 unspecified atom stereocenters. The van der Waals surface area contributed by atoms with Gasteiger partial charge in [-0.3, -0.25) is 0 Å². The third kappa shape index (κ3) is 4.41. The second-order valence-electron chi connectivity index (χ2n) is 5.50. The molecule has 0 saturated carbocycles. The van der Waals surface area contributed by atoms with E-state index >= 15 is 0 Å². The molecular formula is C15H24O8. The molecule has 8 heteroatoms. The lowest BCUT2D eigenvalue weighted by Gasteiger charge is -2.45. The number of hydrogen-bond donors (Lipinski definition) is 4. The highest BCUT2D eigenvalue weighted by molar-refractivity contribution is 5.78. The monoisotopic (exact) mass is 332 g/mol. The first kappa shape index (κ1) is 19.8. The average Bonchev–Trinajstić information content (AvgIpc) is 2.55. The molecule has 1 rings (SSSR count). The van der Waals surface area contributed by atoms with E-state index in [9.17, 15) is 20.1 Å². The molecule has 0 spiro atoms. The van der Waals surface area contributed by atoms with Gasteiger partial charge in [0.1, 0.15) is 12.2 Å². The number of carbonyl (C=O) groups is 1. The molecule has 0 amide bonds. The van der Waals surface area contributed by atoms with Crippen molar-refractivity contribution in [1.82, 2.24) is 0 Å². The van der Waals surface area contributed by atoms with Gasteiger partial charge in [-0.25, -0.2) is 4.79 Å². The lowest BCUT2D eigenvalue weighted by Crippen LogP contribution is -2.61. The molecule has 1 saturated heterocycles. The Balaban J connectivity index is 3.06. The quantitative estimate of drug-likeness (QED) is 0.249. The fourth-order valence-corrected chi connectivity index (χ4v) is 2.48. The SMILES string of the molecule is C#CCCOC1(C(=O)OC)CC(O)C(C)C([C@H](O)[C@H](O)CO)O1. The van der Waals surface area contributed by atoms with Crippen molar-refractivity contribution in [2.45, 2.75) is 50.0 Å². The molecule has 8 nitrogen and oxygen atoms in total. The Labute approximate surface area is 135 Å². The fourth-order valence-electron chi connectivity index (χ4n) is 2.48. The molecule has 4 N–H and O–H groups in total. The van der Waals surface area contributed by atoms with E-state index in [1.54, 1.807) is 6.92 Å². The molecule has 6 atom stereocenters. The van der Waals surface area contributed by atoms with Gasteiger partial charge in [0.25, 0.3) is 5.79 Å². The van der Waals surface area contributed by atoms with Gasteiger partial charge in [-0.05, 0) is 0 Å². The standard InChI is InChI=1S/C15H24O8/c1-4-5-6-22-15(14(20)21-3)7-10(17)9(2)13(23-15)12(19)11(18)8-16/h1,9-13,16-19H,5-8H2,2-3H3/t9?,10?,11-,12-,13?,15?/m1/s1. The maximum absolute atomic E-state index is 12.1. The highest BCUT2D eigenvalue weighted by Crippen LogP contribution is 2.37. The van der Waals surface area contributed by atoms with Crippen molar-refractivity contribution in [2.75, 3.05) is 20.3 Å². The largest absolute Gasteiger partial charge is 0.465 e. The molecule has 0 aromatic heterocycles. The average molecular weight is 332 g/mol. The predicted octanol–water partition coefficient (Wildman–Crippen LogP) is -1.60. The van der Waals surface area contributed by atoms with Crippen LogP contribution in [0.25, 0.3) is 0 Å². The second-order valence-corrected chi connectivity index (χ2v) is 5.50. The zero-order valence-electron chi connectivity index (χ0n) is 13.2. The van der Waals surface area contributed by atoms with E-state index in [0.29, 0.717) is 0 Å². The summed E-state index contributed by atoms with van der Waals surface area (Å²) in [4.78, 5) is 12.1. The van der Waals surface area contributed by atoms with E-state index < -0.39 is 48.7 Å². The van der Waals surface area contributed by atoms with E-state index in [1.807, 2.05) is 0 Å². The van der Waals surface area contributed by atoms with E-state index in [4.69, 9.17) is 21.0 Å². The third-order valence-corrected chi connectivity index (χ3v) is 3.93. The van der Waals surface area contributed by atoms with Crippen LogP contribution in [0.4, 0.5) is 0 Å². The van der Waals surface area contributed by atoms with Gasteiger partial charge in [-0.15, -0.1) is 12.3 Å². The lowest BCUT2D eigenvalue weighted by molar-refractivity contribution is -0.318. The number of ether oxygens (including phenoxy) is 3. The smallest absolute Gasteiger partial charge is 0.366 e. The number of hydrogen-bond acceptors (Lipinski definition) is 8. The molecule has 1 aliphatic heterocycles. The normalized spacial score (nSPS) is 33.5. The summed E-state index contributed by atoms with van der Waals surface area (Å²) in [6.45, 7) is 0.871. The molecule has 0 aromatic rings. The van der Waals surface area contributed by atoms with E-state index in [0.717, 1.165) is 7.11 Å². The minimum absolute atomic E-state index is 0.0158. The van der Waals surface area contributed by atoms with Crippen LogP contribution in [-0.4, -0.2) is 76.9 Å². The molecular weight excluding hydrogens is 308 g/mol. The lowest BCUT2D eigenvalue weighted by atomic mass is 9.84. The molecule has 23 heavy (non-hydrogen) atoms. The van der Waals surface area contributed by atoms with Crippen molar-refractivity contribution in [3.63, 3.8) is 0 Å². The van der Waals surface area contributed by atoms with Crippen LogP contribution in [0.2, 0.25) is 0 Å². The van der Waals surface area contributed by atoms with Crippen LogP contribution in [0.15, 0.2) is 0 Å². The van der Waals surface area contributed by atoms with Crippen LogP contribution in [-0.2, 0) is 19.0 Å². The number of methoxy groups -OCH3 is 1. The van der Waals surface area contributed by atoms with Crippen LogP contribution in [0.3, 0.4) is 0 Å². The molecule has 0 aliphatic carbocycles. The van der Waals surface area contributed by atoms with Crippen molar-refractivity contribution >= 4 is 5.97 Å². The number of terminal acetylenes is 1. The van der Waals surface area contributed by atoms with Gasteiger partial charge in [-0.1, -0.05) is 6.92 Å². The third-order valence-electron chi connectivity index (χ3n) is 3.93. The molecule has 1 heterocycles. The van der Waals surface area contributed by atoms with Crippen LogP contribution in [0.1, 0.15) is 19.8 Å². The fraction of sp³-hybridized carbons (Fsp3) is 0.800. The molecule has 0 radical (unpaired) electrons. The molecule has 1 fully saturated rings. The van der Waals surface area contributed by atoms with Gasteiger partial charge < -0.3 is 34.6 Å². The van der Waals surface area contributed by atoms with Gasteiger partial charge in [0.15, 0.2) is 0 Å². The summed E-state index contributed by atoms with van der Waals surface area (Å²) in [5, 5.41) is 38.9. The Bertz CT molecular complexity index is 434. The summed E-state index contributed by atoms with van der Waals surface area (Å²) in [7, 11) is 1.14. The number of carbonyl (C=O) groups excluding carboxylic acids is 1. The topological polar surface area (TPSA) is 126 Å². The Morgan fingerprint density at radius 1 is 1.52 bits per heavy atom. The Morgan fingerprint density at radius 2 is 2.17 bits per heavy atom. The highest BCUT2D eigenvalue weighted by atomic mass is 16.7. The van der Waals surface area contributed by atoms with Gasteiger partial charge in [0, 0.05) is 18.8 Å². The van der Waals surface area contributed by atoms with Gasteiger partial charge in [0.2, 0.25) is 0 Å². The summed E-state index contributed by atoms with van der Waals surface area (Å²) in [5.74, 6) is -1.08. The summed E-state index contributed by atoms with van der Waals surface area (Å²) >= 11 is 0. The second kappa shape index (κ2) is 8.59. The van der Waals surface area contributed by atoms with Crippen molar-refractivity contribution in [3.8, 4) is 12.3 Å². The van der Waals surface area contributed by atoms with Crippen molar-refractivity contribution in [2.24, 2.45) is 5.92 Å². The predicted molar refractivity (Wildman–Crippen MR) is 77.9 cm³/mol. The van der Waals surface area contributed by atoms with E-state index in [1.165, 1.54) is 0 Å². The Hall–Kier alpha value is -1.21. The molecule has 0 bridgehead atoms. The van der Waals surface area contributed by atoms with Crippen molar-refractivity contribution < 1.29 is 39.4 Å². The van der Waals surface area contributed by atoms with Gasteiger partial charge in [-0.2, -0.15) is 0 Å². The van der Waals surface area contributed by atoms with E-state index in [2.05, 4.69) is 10.7 Å². The maximum Gasteiger partial charge on any atom is 0.366 e. The summed E-state index contributed by atoms with van der Waals surface area (Å²) in [6, 6.07) is 0. The van der Waals surface area contributed by atoms with Crippen LogP contribution < -0.4 is 0 Å². The zero-order valence-corrected chi connectivity index (χ0v) is 13.2. The van der Waals surface area contributed by atoms with Gasteiger partial charge in [0.05, 0.1) is 32.5 Å². The number of rotatable bonds is 7. The summed E-state index contributed by atoms with van der Waals surface area (Å²) < 4.78 is 15.7. The number of aliphatic hydroxyl groups is 4. The van der Waals surface area contributed by atoms with Crippen LogP contribution in [0, 0.1) is 18.3 Å². The van der Waals surface area contributed by atoms with Crippen LogP contribution in [0.5, 0.6) is 0 Å². The first-order valence-corrected chi connectivity index (χ1v) is 7.31. The van der Waals surface area contributed by atoms with Crippen LogP contribution >= 0.6 is 0 Å². The minimum Gasteiger partial charge on any atom is -0.465 e.